The van der Waals surface area contributed by atoms with Crippen molar-refractivity contribution in [3.05, 3.63) is 29.8 Å². The number of nitrogens with one attached hydrogen (secondary N) is 1. The minimum absolute atomic E-state index is 0.0118. The molecule has 1 aliphatic heterocycles. The Morgan fingerprint density at radius 1 is 1.05 bits per heavy atom. The Hall–Kier alpha value is -1.09. The Kier molecular flexibility index (Phi) is 4.44. The molecule has 3 rings (SSSR count). The summed E-state index contributed by atoms with van der Waals surface area (Å²) >= 11 is 0. The fourth-order valence-electron chi connectivity index (χ4n) is 2.90. The predicted molar refractivity (Wildman–Crippen MR) is 73.8 cm³/mol. The van der Waals surface area contributed by atoms with Crippen LogP contribution < -0.4 is 4.72 Å². The molecule has 1 N–H and O–H groups in total. The van der Waals surface area contributed by atoms with E-state index in [1.807, 2.05) is 0 Å². The zero-order chi connectivity index (χ0) is 15.7. The smallest absolute Gasteiger partial charge is 0.240 e. The van der Waals surface area contributed by atoms with Crippen LogP contribution in [0, 0.1) is 11.6 Å². The lowest BCUT2D eigenvalue weighted by molar-refractivity contribution is -0.156. The van der Waals surface area contributed by atoms with Gasteiger partial charge in [-0.1, -0.05) is 0 Å². The van der Waals surface area contributed by atoms with Gasteiger partial charge in [0.25, 0.3) is 0 Å². The highest BCUT2D eigenvalue weighted by Crippen LogP contribution is 2.27. The van der Waals surface area contributed by atoms with Gasteiger partial charge in [-0.15, -0.1) is 0 Å². The minimum Gasteiger partial charge on any atom is -0.373 e. The van der Waals surface area contributed by atoms with E-state index >= 15 is 0 Å². The molecule has 3 atom stereocenters. The summed E-state index contributed by atoms with van der Waals surface area (Å²) in [5.74, 6) is -2.26. The van der Waals surface area contributed by atoms with Crippen molar-refractivity contribution in [3.63, 3.8) is 0 Å². The standard InChI is InChI=1S/C14H17F2NO4S/c15-11-3-2-10(8-12(11)16)22(18,19)17-9-1-4-13-14(7-9)21-6-5-20-13/h2-3,8-9,13-14,17H,1,4-7H2/t9-,13-,14-/m1/s1. The second-order valence-electron chi connectivity index (χ2n) is 5.53. The van der Waals surface area contributed by atoms with Crippen LogP contribution in [0.5, 0.6) is 0 Å². The number of ether oxygens (including phenoxy) is 2. The number of hydrogen-bond donors (Lipinski definition) is 1. The average Bonchev–Trinajstić information content (AvgIpc) is 2.49. The van der Waals surface area contributed by atoms with Crippen LogP contribution >= 0.6 is 0 Å². The highest BCUT2D eigenvalue weighted by Gasteiger charge is 2.35. The van der Waals surface area contributed by atoms with Crippen LogP contribution in [0.2, 0.25) is 0 Å². The fraction of sp³-hybridized carbons (Fsp3) is 0.571. The molecule has 1 heterocycles. The number of sulfonamides is 1. The molecule has 1 aromatic rings. The van der Waals surface area contributed by atoms with Crippen molar-refractivity contribution in [2.75, 3.05) is 13.2 Å². The number of benzene rings is 1. The second-order valence-corrected chi connectivity index (χ2v) is 7.24. The summed E-state index contributed by atoms with van der Waals surface area (Å²) in [6, 6.07) is 2.23. The van der Waals surface area contributed by atoms with Gasteiger partial charge >= 0.3 is 0 Å². The molecule has 22 heavy (non-hydrogen) atoms. The Morgan fingerprint density at radius 3 is 2.50 bits per heavy atom. The Labute approximate surface area is 127 Å². The third kappa shape index (κ3) is 3.29. The maximum absolute atomic E-state index is 13.2. The van der Waals surface area contributed by atoms with Crippen LogP contribution in [0.15, 0.2) is 23.1 Å². The van der Waals surface area contributed by atoms with E-state index < -0.39 is 21.7 Å². The van der Waals surface area contributed by atoms with Crippen molar-refractivity contribution in [3.8, 4) is 0 Å². The van der Waals surface area contributed by atoms with Gasteiger partial charge in [0.2, 0.25) is 10.0 Å². The maximum Gasteiger partial charge on any atom is 0.240 e. The van der Waals surface area contributed by atoms with Crippen molar-refractivity contribution in [1.82, 2.24) is 4.72 Å². The Bertz CT molecular complexity index is 652. The molecule has 1 aromatic carbocycles. The van der Waals surface area contributed by atoms with Crippen LogP contribution in [-0.2, 0) is 19.5 Å². The van der Waals surface area contributed by atoms with Crippen molar-refractivity contribution < 1.29 is 26.7 Å². The molecule has 1 aliphatic carbocycles. The molecular weight excluding hydrogens is 316 g/mol. The molecule has 0 unspecified atom stereocenters. The largest absolute Gasteiger partial charge is 0.373 e. The lowest BCUT2D eigenvalue weighted by Gasteiger charge is -2.38. The first-order valence-electron chi connectivity index (χ1n) is 7.16. The van der Waals surface area contributed by atoms with Gasteiger partial charge < -0.3 is 9.47 Å². The first-order valence-corrected chi connectivity index (χ1v) is 8.64. The van der Waals surface area contributed by atoms with E-state index in [-0.39, 0.29) is 23.1 Å². The van der Waals surface area contributed by atoms with Gasteiger partial charge in [-0.25, -0.2) is 21.9 Å². The number of rotatable bonds is 3. The molecule has 122 valence electrons. The van der Waals surface area contributed by atoms with Gasteiger partial charge in [0.1, 0.15) is 0 Å². The van der Waals surface area contributed by atoms with Gasteiger partial charge in [0.05, 0.1) is 30.3 Å². The fourth-order valence-corrected chi connectivity index (χ4v) is 4.20. The number of fused-ring (bicyclic) bond motifs is 1. The molecule has 2 fully saturated rings. The Balaban J connectivity index is 1.70. The van der Waals surface area contributed by atoms with E-state index in [2.05, 4.69) is 4.72 Å². The van der Waals surface area contributed by atoms with Crippen LogP contribution in [0.25, 0.3) is 0 Å². The molecule has 1 saturated heterocycles. The van der Waals surface area contributed by atoms with Crippen LogP contribution in [0.3, 0.4) is 0 Å². The molecule has 0 radical (unpaired) electrons. The van der Waals surface area contributed by atoms with Crippen molar-refractivity contribution in [2.24, 2.45) is 0 Å². The second kappa shape index (κ2) is 6.19. The zero-order valence-electron chi connectivity index (χ0n) is 11.8. The summed E-state index contributed by atoms with van der Waals surface area (Å²) in [6.45, 7) is 1.07. The summed E-state index contributed by atoms with van der Waals surface area (Å²) in [6.07, 6.45) is 1.72. The summed E-state index contributed by atoms with van der Waals surface area (Å²) in [7, 11) is -3.89. The number of hydrogen-bond acceptors (Lipinski definition) is 4. The van der Waals surface area contributed by atoms with E-state index in [4.69, 9.17) is 9.47 Å². The maximum atomic E-state index is 13.2. The first-order chi connectivity index (χ1) is 10.5. The average molecular weight is 333 g/mol. The third-order valence-electron chi connectivity index (χ3n) is 4.00. The van der Waals surface area contributed by atoms with E-state index in [0.717, 1.165) is 12.1 Å². The highest BCUT2D eigenvalue weighted by molar-refractivity contribution is 7.89. The molecule has 1 saturated carbocycles. The van der Waals surface area contributed by atoms with Gasteiger partial charge in [0.15, 0.2) is 11.6 Å². The normalized spacial score (nSPS) is 29.1. The van der Waals surface area contributed by atoms with Gasteiger partial charge in [-0.2, -0.15) is 0 Å². The van der Waals surface area contributed by atoms with E-state index in [9.17, 15) is 17.2 Å². The lowest BCUT2D eigenvalue weighted by Crippen LogP contribution is -2.49. The molecule has 0 bridgehead atoms. The number of halogens is 2. The molecule has 0 amide bonds. The quantitative estimate of drug-likeness (QED) is 0.912. The first kappa shape index (κ1) is 15.8. The molecular formula is C14H17F2NO4S. The molecule has 0 spiro atoms. The topological polar surface area (TPSA) is 64.6 Å². The molecule has 0 aromatic heterocycles. The molecule has 5 nitrogen and oxygen atoms in total. The lowest BCUT2D eigenvalue weighted by atomic mass is 9.90. The van der Waals surface area contributed by atoms with Crippen LogP contribution in [0.4, 0.5) is 8.78 Å². The predicted octanol–water partition coefficient (Wildman–Crippen LogP) is 1.58. The minimum atomic E-state index is -3.89. The highest BCUT2D eigenvalue weighted by atomic mass is 32.2. The summed E-state index contributed by atoms with van der Waals surface area (Å²) in [5, 5.41) is 0. The summed E-state index contributed by atoms with van der Waals surface area (Å²) < 4.78 is 64.3. The van der Waals surface area contributed by atoms with Gasteiger partial charge in [-0.3, -0.25) is 0 Å². The van der Waals surface area contributed by atoms with Crippen molar-refractivity contribution in [1.29, 1.82) is 0 Å². The Morgan fingerprint density at radius 2 is 1.77 bits per heavy atom. The summed E-state index contributed by atoms with van der Waals surface area (Å²) in [4.78, 5) is -0.283. The van der Waals surface area contributed by atoms with E-state index in [0.29, 0.717) is 38.5 Å². The van der Waals surface area contributed by atoms with Gasteiger partial charge in [-0.05, 0) is 37.5 Å². The summed E-state index contributed by atoms with van der Waals surface area (Å²) in [5.41, 5.74) is 0. The van der Waals surface area contributed by atoms with Crippen LogP contribution in [0.1, 0.15) is 19.3 Å². The van der Waals surface area contributed by atoms with Gasteiger partial charge in [0, 0.05) is 6.04 Å². The van der Waals surface area contributed by atoms with Crippen molar-refractivity contribution in [2.45, 2.75) is 42.4 Å². The molecule has 2 aliphatic rings. The van der Waals surface area contributed by atoms with E-state index in [1.54, 1.807) is 0 Å². The zero-order valence-corrected chi connectivity index (χ0v) is 12.6. The SMILES string of the molecule is O=S(=O)(N[C@@H]1CC[C@H]2OCCO[C@@H]2C1)c1ccc(F)c(F)c1. The van der Waals surface area contributed by atoms with E-state index in [1.165, 1.54) is 0 Å². The van der Waals surface area contributed by atoms with Crippen LogP contribution in [-0.4, -0.2) is 39.9 Å². The monoisotopic (exact) mass is 333 g/mol. The van der Waals surface area contributed by atoms with Crippen molar-refractivity contribution >= 4 is 10.0 Å². The third-order valence-corrected chi connectivity index (χ3v) is 5.52. The molecule has 8 heteroatoms.